The van der Waals surface area contributed by atoms with Gasteiger partial charge in [0.1, 0.15) is 5.69 Å². The Morgan fingerprint density at radius 3 is 2.85 bits per heavy atom. The molecule has 3 heterocycles. The van der Waals surface area contributed by atoms with Gasteiger partial charge in [-0.25, -0.2) is 23.4 Å². The average Bonchev–Trinajstić information content (AvgIpc) is 2.68. The van der Waals surface area contributed by atoms with Gasteiger partial charge in [-0.3, -0.25) is 0 Å². The number of aromatic nitrogens is 1. The van der Waals surface area contributed by atoms with Gasteiger partial charge in [0.2, 0.25) is 5.88 Å². The summed E-state index contributed by atoms with van der Waals surface area (Å²) in [6.45, 7) is 1.67. The number of amides is 4. The van der Waals surface area contributed by atoms with E-state index in [0.717, 1.165) is 13.0 Å². The van der Waals surface area contributed by atoms with Crippen molar-refractivity contribution in [3.63, 3.8) is 0 Å². The minimum atomic E-state index is -2.62. The third kappa shape index (κ3) is 4.95. The highest BCUT2D eigenvalue weighted by atomic mass is 19.3. The Morgan fingerprint density at radius 2 is 2.15 bits per heavy atom. The first-order valence-electron chi connectivity index (χ1n) is 9.01. The van der Waals surface area contributed by atoms with Crippen LogP contribution in [0.3, 0.4) is 0 Å². The second-order valence-corrected chi connectivity index (χ2v) is 6.49. The second kappa shape index (κ2) is 8.83. The third-order valence-corrected chi connectivity index (χ3v) is 4.66. The normalized spacial score (nSPS) is 18.4. The van der Waals surface area contributed by atoms with Gasteiger partial charge in [0.05, 0.1) is 0 Å². The molecular weight excluding hydrogens is 360 g/mol. The van der Waals surface area contributed by atoms with Gasteiger partial charge in [0.25, 0.3) is 6.43 Å². The molecule has 8 nitrogen and oxygen atoms in total. The zero-order valence-electron chi connectivity index (χ0n) is 14.9. The maximum Gasteiger partial charge on any atom is 0.321 e. The highest BCUT2D eigenvalue weighted by Crippen LogP contribution is 2.23. The van der Waals surface area contributed by atoms with Gasteiger partial charge in [-0.05, 0) is 31.4 Å². The van der Waals surface area contributed by atoms with E-state index in [1.54, 1.807) is 17.0 Å². The molecule has 27 heavy (non-hydrogen) atoms. The number of carbonyl (C=O) groups excluding carboxylic acids is 2. The number of likely N-dealkylation sites (tertiary alicyclic amines) is 1. The van der Waals surface area contributed by atoms with E-state index in [0.29, 0.717) is 32.5 Å². The van der Waals surface area contributed by atoms with E-state index in [9.17, 15) is 18.4 Å². The predicted octanol–water partition coefficient (Wildman–Crippen LogP) is 2.14. The summed E-state index contributed by atoms with van der Waals surface area (Å²) in [7, 11) is 0. The smallest absolute Gasteiger partial charge is 0.321 e. The van der Waals surface area contributed by atoms with E-state index in [1.165, 1.54) is 6.20 Å². The SMILES string of the molecule is O=C(Nc1cccnc1OCC(F)F)N1CCC(N2CCCNC2=O)CC1. The molecule has 2 aliphatic rings. The van der Waals surface area contributed by atoms with Crippen LogP contribution in [-0.4, -0.2) is 72.1 Å². The van der Waals surface area contributed by atoms with Crippen molar-refractivity contribution in [2.75, 3.05) is 38.1 Å². The van der Waals surface area contributed by atoms with Gasteiger partial charge in [0.15, 0.2) is 6.61 Å². The first-order valence-corrected chi connectivity index (χ1v) is 9.01. The molecule has 0 radical (unpaired) electrons. The van der Waals surface area contributed by atoms with E-state index >= 15 is 0 Å². The van der Waals surface area contributed by atoms with E-state index in [-0.39, 0.29) is 29.7 Å². The van der Waals surface area contributed by atoms with Gasteiger partial charge in [-0.1, -0.05) is 0 Å². The zero-order chi connectivity index (χ0) is 19.2. The number of rotatable bonds is 5. The summed E-state index contributed by atoms with van der Waals surface area (Å²) in [5, 5.41) is 5.51. The highest BCUT2D eigenvalue weighted by Gasteiger charge is 2.31. The lowest BCUT2D eigenvalue weighted by molar-refractivity contribution is 0.0800. The van der Waals surface area contributed by atoms with Gasteiger partial charge in [0, 0.05) is 38.4 Å². The number of ether oxygens (including phenoxy) is 1. The van der Waals surface area contributed by atoms with Gasteiger partial charge < -0.3 is 25.2 Å². The molecule has 0 unspecified atom stereocenters. The van der Waals surface area contributed by atoms with Crippen molar-refractivity contribution in [3.05, 3.63) is 18.3 Å². The Balaban J connectivity index is 1.53. The van der Waals surface area contributed by atoms with Crippen LogP contribution in [0.4, 0.5) is 24.1 Å². The molecule has 0 bridgehead atoms. The van der Waals surface area contributed by atoms with Gasteiger partial charge in [-0.15, -0.1) is 0 Å². The van der Waals surface area contributed by atoms with Crippen LogP contribution >= 0.6 is 0 Å². The van der Waals surface area contributed by atoms with Crippen LogP contribution in [0, 0.1) is 0 Å². The molecule has 4 amide bonds. The van der Waals surface area contributed by atoms with Crippen LogP contribution in [0.2, 0.25) is 0 Å². The minimum Gasteiger partial charge on any atom is -0.470 e. The van der Waals surface area contributed by atoms with Crippen molar-refractivity contribution in [3.8, 4) is 5.88 Å². The lowest BCUT2D eigenvalue weighted by Crippen LogP contribution is -2.55. The summed E-state index contributed by atoms with van der Waals surface area (Å²) >= 11 is 0. The number of nitrogens with one attached hydrogen (secondary N) is 2. The largest absolute Gasteiger partial charge is 0.470 e. The topological polar surface area (TPSA) is 86.8 Å². The quantitative estimate of drug-likeness (QED) is 0.816. The summed E-state index contributed by atoms with van der Waals surface area (Å²) in [5.41, 5.74) is 0.251. The molecule has 2 N–H and O–H groups in total. The number of carbonyl (C=O) groups is 2. The number of halogens is 2. The molecule has 2 fully saturated rings. The first-order chi connectivity index (χ1) is 13.0. The fraction of sp³-hybridized carbons (Fsp3) is 0.588. The monoisotopic (exact) mass is 383 g/mol. The Labute approximate surface area is 155 Å². The van der Waals surface area contributed by atoms with Crippen molar-refractivity contribution >= 4 is 17.7 Å². The third-order valence-electron chi connectivity index (χ3n) is 4.66. The van der Waals surface area contributed by atoms with Crippen LogP contribution in [0.15, 0.2) is 18.3 Å². The first kappa shape index (κ1) is 19.1. The Morgan fingerprint density at radius 1 is 1.37 bits per heavy atom. The number of pyridine rings is 1. The molecule has 0 aromatic carbocycles. The Bertz CT molecular complexity index is 668. The Kier molecular flexibility index (Phi) is 6.25. The molecule has 0 spiro atoms. The van der Waals surface area contributed by atoms with Gasteiger partial charge in [-0.2, -0.15) is 0 Å². The van der Waals surface area contributed by atoms with Crippen LogP contribution in [0.1, 0.15) is 19.3 Å². The van der Waals surface area contributed by atoms with Gasteiger partial charge >= 0.3 is 12.1 Å². The van der Waals surface area contributed by atoms with Crippen molar-refractivity contribution in [2.24, 2.45) is 0 Å². The molecule has 1 aromatic heterocycles. The maximum absolute atomic E-state index is 12.5. The van der Waals surface area contributed by atoms with Crippen LogP contribution in [-0.2, 0) is 0 Å². The van der Waals surface area contributed by atoms with Crippen molar-refractivity contribution in [1.82, 2.24) is 20.1 Å². The van der Waals surface area contributed by atoms with Crippen molar-refractivity contribution in [2.45, 2.75) is 31.7 Å². The lowest BCUT2D eigenvalue weighted by atomic mass is 10.0. The molecule has 10 heteroatoms. The summed E-state index contributed by atoms with van der Waals surface area (Å²) < 4.78 is 29.6. The van der Waals surface area contributed by atoms with Crippen molar-refractivity contribution in [1.29, 1.82) is 0 Å². The summed E-state index contributed by atoms with van der Waals surface area (Å²) in [6.07, 6.45) is 1.10. The number of anilines is 1. The molecule has 0 saturated carbocycles. The number of piperidine rings is 1. The zero-order valence-corrected chi connectivity index (χ0v) is 14.9. The second-order valence-electron chi connectivity index (χ2n) is 6.49. The minimum absolute atomic E-state index is 0.0361. The Hall–Kier alpha value is -2.65. The van der Waals surface area contributed by atoms with E-state index < -0.39 is 13.0 Å². The summed E-state index contributed by atoms with van der Waals surface area (Å²) in [6, 6.07) is 2.88. The fourth-order valence-corrected chi connectivity index (χ4v) is 3.31. The fourth-order valence-electron chi connectivity index (χ4n) is 3.31. The number of hydrogen-bond donors (Lipinski definition) is 2. The number of nitrogens with zero attached hydrogens (tertiary/aromatic N) is 3. The molecule has 1 aromatic rings. The molecule has 148 valence electrons. The lowest BCUT2D eigenvalue weighted by Gasteiger charge is -2.40. The standard InChI is InChI=1S/C17H23F2N5O3/c18-14(19)11-27-15-13(3-1-6-20-15)22-17(26)23-9-4-12(5-10-23)24-8-2-7-21-16(24)25/h1,3,6,12,14H,2,4-5,7-11H2,(H,21,25)(H,22,26). The van der Waals surface area contributed by atoms with E-state index in [4.69, 9.17) is 4.74 Å². The number of urea groups is 2. The molecule has 0 atom stereocenters. The molecule has 2 saturated heterocycles. The predicted molar refractivity (Wildman–Crippen MR) is 94.1 cm³/mol. The molecular formula is C17H23F2N5O3. The van der Waals surface area contributed by atoms with E-state index in [1.807, 2.05) is 4.90 Å². The van der Waals surface area contributed by atoms with Crippen molar-refractivity contribution < 1.29 is 23.1 Å². The average molecular weight is 383 g/mol. The van der Waals surface area contributed by atoms with Crippen LogP contribution in [0.5, 0.6) is 5.88 Å². The number of hydrogen-bond acceptors (Lipinski definition) is 4. The summed E-state index contributed by atoms with van der Waals surface area (Å²) in [4.78, 5) is 31.8. The molecule has 2 aliphatic heterocycles. The van der Waals surface area contributed by atoms with Crippen LogP contribution < -0.4 is 15.4 Å². The molecule has 3 rings (SSSR count). The molecule has 0 aliphatic carbocycles. The van der Waals surface area contributed by atoms with Crippen LogP contribution in [0.25, 0.3) is 0 Å². The maximum atomic E-state index is 12.5. The highest BCUT2D eigenvalue weighted by molar-refractivity contribution is 5.90. The summed E-state index contributed by atoms with van der Waals surface area (Å²) in [5.74, 6) is -0.0361. The van der Waals surface area contributed by atoms with E-state index in [2.05, 4.69) is 15.6 Å². The number of alkyl halides is 2.